The van der Waals surface area contributed by atoms with Gasteiger partial charge in [-0.25, -0.2) is 9.07 Å². The lowest BCUT2D eigenvalue weighted by molar-refractivity contribution is -0.121. The lowest BCUT2D eigenvalue weighted by Gasteiger charge is -2.20. The lowest BCUT2D eigenvalue weighted by atomic mass is 10.1. The van der Waals surface area contributed by atoms with Crippen LogP contribution in [0.1, 0.15) is 11.1 Å². The zero-order valence-corrected chi connectivity index (χ0v) is 19.7. The van der Waals surface area contributed by atoms with E-state index in [1.165, 1.54) is 12.1 Å². The van der Waals surface area contributed by atoms with Crippen LogP contribution in [0.2, 0.25) is 0 Å². The first-order valence-corrected chi connectivity index (χ1v) is 11.9. The summed E-state index contributed by atoms with van der Waals surface area (Å²) in [7, 11) is 0. The van der Waals surface area contributed by atoms with Gasteiger partial charge in [-0.15, -0.1) is 0 Å². The zero-order valence-electron chi connectivity index (χ0n) is 19.7. The number of rotatable bonds is 9. The Morgan fingerprint density at radius 1 is 0.889 bits per heavy atom. The summed E-state index contributed by atoms with van der Waals surface area (Å²) >= 11 is 0. The number of benzene rings is 4. The van der Waals surface area contributed by atoms with Crippen LogP contribution < -0.4 is 10.1 Å². The van der Waals surface area contributed by atoms with Gasteiger partial charge in [0.15, 0.2) is 0 Å². The molecule has 5 aromatic rings. The van der Waals surface area contributed by atoms with E-state index in [0.717, 1.165) is 27.7 Å². The average Bonchev–Trinajstić information content (AvgIpc) is 3.32. The molecule has 0 saturated heterocycles. The Labute approximate surface area is 209 Å². The van der Waals surface area contributed by atoms with Crippen molar-refractivity contribution in [3.05, 3.63) is 126 Å². The van der Waals surface area contributed by atoms with Crippen molar-refractivity contribution in [3.63, 3.8) is 0 Å². The Kier molecular flexibility index (Phi) is 7.03. The fourth-order valence-electron chi connectivity index (χ4n) is 4.20. The van der Waals surface area contributed by atoms with E-state index < -0.39 is 0 Å². The van der Waals surface area contributed by atoms with Crippen LogP contribution in [0, 0.1) is 5.82 Å². The quantitative estimate of drug-likeness (QED) is 0.303. The molecule has 1 heterocycles. The largest absolute Gasteiger partial charge is 0.491 e. The smallest absolute Gasteiger partial charge is 0.224 e. The minimum absolute atomic E-state index is 0.0400. The van der Waals surface area contributed by atoms with Crippen molar-refractivity contribution in [1.82, 2.24) is 15.1 Å². The summed E-state index contributed by atoms with van der Waals surface area (Å²) in [6.07, 6.45) is 2.74. The van der Waals surface area contributed by atoms with Crippen LogP contribution in [0.4, 0.5) is 4.39 Å². The van der Waals surface area contributed by atoms with E-state index in [1.54, 1.807) is 23.0 Å². The summed E-state index contributed by atoms with van der Waals surface area (Å²) in [5.74, 6) is 0.366. The number of amides is 1. The van der Waals surface area contributed by atoms with Crippen molar-refractivity contribution < 1.29 is 13.9 Å². The van der Waals surface area contributed by atoms with Crippen molar-refractivity contribution >= 4 is 16.8 Å². The third-order valence-corrected chi connectivity index (χ3v) is 5.96. The van der Waals surface area contributed by atoms with E-state index in [4.69, 9.17) is 4.74 Å². The van der Waals surface area contributed by atoms with Crippen LogP contribution in [0.25, 0.3) is 16.6 Å². The first-order chi connectivity index (χ1) is 17.6. The highest BCUT2D eigenvalue weighted by atomic mass is 19.1. The van der Waals surface area contributed by atoms with Crippen LogP contribution in [0.15, 0.2) is 109 Å². The maximum atomic E-state index is 13.3. The number of ether oxygens (including phenoxy) is 1. The van der Waals surface area contributed by atoms with Crippen molar-refractivity contribution in [1.29, 1.82) is 0 Å². The number of nitrogens with one attached hydrogen (secondary N) is 1. The minimum atomic E-state index is -0.285. The highest BCUT2D eigenvalue weighted by Crippen LogP contribution is 2.23. The molecule has 4 aromatic carbocycles. The first-order valence-electron chi connectivity index (χ1n) is 11.9. The third-order valence-electron chi connectivity index (χ3n) is 5.96. The van der Waals surface area contributed by atoms with Gasteiger partial charge in [0.25, 0.3) is 0 Å². The summed E-state index contributed by atoms with van der Waals surface area (Å²) in [6.45, 7) is 0.326. The molecule has 1 aromatic heterocycles. The van der Waals surface area contributed by atoms with E-state index in [9.17, 15) is 9.18 Å². The van der Waals surface area contributed by atoms with Gasteiger partial charge in [-0.2, -0.15) is 5.10 Å². The fraction of sp³-hybridized carbons (Fsp3) is 0.133. The first kappa shape index (κ1) is 23.3. The van der Waals surface area contributed by atoms with Gasteiger partial charge in [0.2, 0.25) is 5.91 Å². The number of carbonyl (C=O) groups excluding carboxylic acids is 1. The standard InChI is InChI=1S/C30H26FN3O2/c31-25-11-13-27(14-12-25)34-29-16-15-28(19-24(29)20-32-34)36-21-26(17-22-7-3-1-4-8-22)33-30(35)18-23-9-5-2-6-10-23/h1-16,19-20,26H,17-18,21H2,(H,33,35). The van der Waals surface area contributed by atoms with E-state index in [-0.39, 0.29) is 17.8 Å². The SMILES string of the molecule is O=C(Cc1ccccc1)NC(COc1ccc2c(cnn2-c2ccc(F)cc2)c1)Cc1ccccc1. The Morgan fingerprint density at radius 2 is 1.58 bits per heavy atom. The maximum absolute atomic E-state index is 13.3. The molecular weight excluding hydrogens is 453 g/mol. The number of aromatic nitrogens is 2. The molecule has 5 rings (SSSR count). The summed E-state index contributed by atoms with van der Waals surface area (Å²) in [5.41, 5.74) is 3.77. The molecule has 0 radical (unpaired) electrons. The van der Waals surface area contributed by atoms with Crippen LogP contribution in [0.5, 0.6) is 5.75 Å². The molecule has 36 heavy (non-hydrogen) atoms. The topological polar surface area (TPSA) is 56.1 Å². The molecule has 1 unspecified atom stereocenters. The molecule has 0 aliphatic rings. The summed E-state index contributed by atoms with van der Waals surface area (Å²) in [6, 6.07) is 31.5. The molecule has 0 aliphatic heterocycles. The van der Waals surface area contributed by atoms with Gasteiger partial charge >= 0.3 is 0 Å². The summed E-state index contributed by atoms with van der Waals surface area (Å²) in [5, 5.41) is 8.50. The molecule has 0 fully saturated rings. The van der Waals surface area contributed by atoms with E-state index >= 15 is 0 Å². The molecule has 0 bridgehead atoms. The molecule has 6 heteroatoms. The highest BCUT2D eigenvalue weighted by molar-refractivity contribution is 5.82. The van der Waals surface area contributed by atoms with Gasteiger partial charge in [-0.05, 0) is 60.0 Å². The zero-order chi connectivity index (χ0) is 24.7. The summed E-state index contributed by atoms with van der Waals surface area (Å²) < 4.78 is 21.2. The molecule has 0 aliphatic carbocycles. The van der Waals surface area contributed by atoms with Crippen LogP contribution in [-0.2, 0) is 17.6 Å². The van der Waals surface area contributed by atoms with E-state index in [2.05, 4.69) is 10.4 Å². The molecular formula is C30H26FN3O2. The molecule has 180 valence electrons. The van der Waals surface area contributed by atoms with Crippen LogP contribution >= 0.6 is 0 Å². The Hall–Kier alpha value is -4.45. The van der Waals surface area contributed by atoms with Gasteiger partial charge < -0.3 is 10.1 Å². The second-order valence-electron chi connectivity index (χ2n) is 8.68. The number of hydrogen-bond acceptors (Lipinski definition) is 3. The Morgan fingerprint density at radius 3 is 2.31 bits per heavy atom. The number of fused-ring (bicyclic) bond motifs is 1. The Bertz CT molecular complexity index is 1430. The number of carbonyl (C=O) groups is 1. The maximum Gasteiger partial charge on any atom is 0.224 e. The van der Waals surface area contributed by atoms with E-state index in [1.807, 2.05) is 78.9 Å². The van der Waals surface area contributed by atoms with Gasteiger partial charge in [-0.1, -0.05) is 60.7 Å². The van der Waals surface area contributed by atoms with E-state index in [0.29, 0.717) is 25.2 Å². The van der Waals surface area contributed by atoms with Crippen molar-refractivity contribution in [2.45, 2.75) is 18.9 Å². The lowest BCUT2D eigenvalue weighted by Crippen LogP contribution is -2.41. The normalized spacial score (nSPS) is 11.8. The molecule has 5 nitrogen and oxygen atoms in total. The van der Waals surface area contributed by atoms with Gasteiger partial charge in [0.05, 0.1) is 29.9 Å². The number of halogens is 1. The molecule has 1 N–H and O–H groups in total. The predicted octanol–water partition coefficient (Wildman–Crippen LogP) is 5.51. The predicted molar refractivity (Wildman–Crippen MR) is 139 cm³/mol. The highest BCUT2D eigenvalue weighted by Gasteiger charge is 2.15. The fourth-order valence-corrected chi connectivity index (χ4v) is 4.20. The molecule has 1 amide bonds. The number of hydrogen-bond donors (Lipinski definition) is 1. The number of nitrogens with zero attached hydrogens (tertiary/aromatic N) is 2. The van der Waals surface area contributed by atoms with Gasteiger partial charge in [0.1, 0.15) is 18.2 Å². The van der Waals surface area contributed by atoms with Crippen molar-refractivity contribution in [2.75, 3.05) is 6.61 Å². The van der Waals surface area contributed by atoms with Gasteiger partial charge in [-0.3, -0.25) is 4.79 Å². The van der Waals surface area contributed by atoms with Crippen molar-refractivity contribution in [3.8, 4) is 11.4 Å². The molecule has 0 saturated carbocycles. The Balaban J connectivity index is 1.29. The van der Waals surface area contributed by atoms with Crippen LogP contribution in [0.3, 0.4) is 0 Å². The second kappa shape index (κ2) is 10.9. The second-order valence-corrected chi connectivity index (χ2v) is 8.68. The summed E-state index contributed by atoms with van der Waals surface area (Å²) in [4.78, 5) is 12.8. The van der Waals surface area contributed by atoms with Crippen LogP contribution in [-0.4, -0.2) is 28.3 Å². The minimum Gasteiger partial charge on any atom is -0.491 e. The van der Waals surface area contributed by atoms with Gasteiger partial charge in [0, 0.05) is 5.39 Å². The molecule has 0 spiro atoms. The average molecular weight is 480 g/mol. The van der Waals surface area contributed by atoms with Crippen molar-refractivity contribution in [2.24, 2.45) is 0 Å². The molecule has 1 atom stereocenters. The third kappa shape index (κ3) is 5.78. The monoisotopic (exact) mass is 479 g/mol.